The number of phenols is 1. The zero-order valence-electron chi connectivity index (χ0n) is 51.3. The molecule has 93 heavy (non-hydrogen) atoms. The van der Waals surface area contributed by atoms with Crippen LogP contribution in [0.15, 0.2) is 109 Å². The van der Waals surface area contributed by atoms with E-state index in [-0.39, 0.29) is 107 Å². The number of urea groups is 2. The van der Waals surface area contributed by atoms with Crippen molar-refractivity contribution in [1.82, 2.24) is 45.4 Å². The third kappa shape index (κ3) is 17.7. The number of nitrogens with two attached hydrogens (primary N) is 2. The van der Waals surface area contributed by atoms with Gasteiger partial charge >= 0.3 is 30.3 Å². The molecule has 0 fully saturated rings. The maximum atomic E-state index is 14.6. The number of halogens is 1. The largest absolute Gasteiger partial charge is 0.508 e. The molecular formula is C63H71ClN14O15. The number of carbonyl (C=O) groups is 11. The van der Waals surface area contributed by atoms with Gasteiger partial charge in [0.1, 0.15) is 48.1 Å². The fraction of sp³-hybridized carbons (Fsp3) is 0.333. The molecule has 4 aromatic carbocycles. The van der Waals surface area contributed by atoms with E-state index >= 15 is 0 Å². The summed E-state index contributed by atoms with van der Waals surface area (Å²) >= 11 is 6.64. The number of hydrogen-bond acceptors (Lipinski definition) is 16. The highest BCUT2D eigenvalue weighted by atomic mass is 35.5. The van der Waals surface area contributed by atoms with Gasteiger partial charge in [-0.25, -0.2) is 29.0 Å². The molecule has 29 nitrogen and oxygen atoms in total. The number of carbonyl (C=O) groups excluding carboxylic acids is 11. The second kappa shape index (κ2) is 31.2. The lowest BCUT2D eigenvalue weighted by atomic mass is 9.92. The molecule has 8 rings (SSSR count). The summed E-state index contributed by atoms with van der Waals surface area (Å²) in [6.45, 7) is 4.74. The number of imide groups is 1. The summed E-state index contributed by atoms with van der Waals surface area (Å²) in [5.74, 6) is -3.89. The smallest absolute Gasteiger partial charge is 0.415 e. The summed E-state index contributed by atoms with van der Waals surface area (Å²) in [6, 6.07) is 18.6. The van der Waals surface area contributed by atoms with Crippen LogP contribution in [0.2, 0.25) is 0 Å². The quantitative estimate of drug-likeness (QED) is 0.0177. The minimum atomic E-state index is -1.19. The van der Waals surface area contributed by atoms with Gasteiger partial charge in [-0.1, -0.05) is 44.2 Å². The number of rotatable bonds is 27. The van der Waals surface area contributed by atoms with Crippen molar-refractivity contribution in [2.75, 3.05) is 80.9 Å². The fourth-order valence-electron chi connectivity index (χ4n) is 10.3. The van der Waals surface area contributed by atoms with E-state index in [0.29, 0.717) is 39.2 Å². The van der Waals surface area contributed by atoms with Gasteiger partial charge in [-0.2, -0.15) is 0 Å². The van der Waals surface area contributed by atoms with E-state index in [9.17, 15) is 57.8 Å². The van der Waals surface area contributed by atoms with E-state index in [1.54, 1.807) is 84.1 Å². The highest BCUT2D eigenvalue weighted by Gasteiger charge is 2.37. The maximum Gasteiger partial charge on any atom is 0.415 e. The number of nitrogens with zero attached hydrogens (tertiary/aromatic N) is 6. The molecule has 0 unspecified atom stereocenters. The van der Waals surface area contributed by atoms with Crippen LogP contribution in [0.3, 0.4) is 0 Å². The van der Waals surface area contributed by atoms with Crippen molar-refractivity contribution in [1.29, 1.82) is 0 Å². The first-order chi connectivity index (χ1) is 44.5. The van der Waals surface area contributed by atoms with E-state index < -0.39 is 83.8 Å². The Hall–Kier alpha value is -11.0. The molecule has 2 aliphatic rings. The molecule has 3 atom stereocenters. The second-order valence-corrected chi connectivity index (χ2v) is 22.5. The predicted octanol–water partition coefficient (Wildman–Crippen LogP) is 5.41. The highest BCUT2D eigenvalue weighted by Crippen LogP contribution is 2.47. The number of imidazole rings is 1. The number of aromatic nitrogens is 2. The van der Waals surface area contributed by atoms with Crippen LogP contribution in [0.4, 0.5) is 41.0 Å². The summed E-state index contributed by atoms with van der Waals surface area (Å²) in [5, 5.41) is 26.6. The molecule has 0 saturated heterocycles. The number of nitrogens with one attached hydrogen (secondary N) is 6. The first-order valence-corrected chi connectivity index (χ1v) is 30.1. The SMILES string of the molecule is Cc1cccc2c(OC(=O)N(CCCNC(N)=O)CCN(C)C(=O)OCc3ccc(NC(=O)[C@H](CCCNC(N)=O)NC(=O)[C@@H](NC(=O)OCCN4C(=O)C=CC4=O)C(C)C)cc3)cc3c(c12)[C@H](CCl)CN3C(=O)c1cn2cc(NC(=O)c3ccc(O)cc3)ccc2n1. The van der Waals surface area contributed by atoms with E-state index in [0.717, 1.165) is 33.6 Å². The molecule has 0 saturated carbocycles. The van der Waals surface area contributed by atoms with Crippen LogP contribution in [0.1, 0.15) is 76.6 Å². The zero-order chi connectivity index (χ0) is 67.0. The van der Waals surface area contributed by atoms with E-state index in [2.05, 4.69) is 36.9 Å². The van der Waals surface area contributed by atoms with Crippen molar-refractivity contribution in [3.63, 3.8) is 0 Å². The summed E-state index contributed by atoms with van der Waals surface area (Å²) in [4.78, 5) is 152. The minimum absolute atomic E-state index is 0.0165. The lowest BCUT2D eigenvalue weighted by molar-refractivity contribution is -0.137. The molecule has 11 N–H and O–H groups in total. The molecule has 490 valence electrons. The van der Waals surface area contributed by atoms with Crippen LogP contribution in [0.5, 0.6) is 11.5 Å². The Kier molecular flexibility index (Phi) is 22.8. The molecule has 0 radical (unpaired) electrons. The summed E-state index contributed by atoms with van der Waals surface area (Å²) in [5.41, 5.74) is 14.7. The molecule has 2 aliphatic heterocycles. The van der Waals surface area contributed by atoms with Gasteiger partial charge in [0.2, 0.25) is 11.8 Å². The van der Waals surface area contributed by atoms with Gasteiger partial charge in [0, 0.05) is 105 Å². The third-order valence-electron chi connectivity index (χ3n) is 15.2. The van der Waals surface area contributed by atoms with E-state index in [1.807, 2.05) is 19.1 Å². The van der Waals surface area contributed by atoms with E-state index in [4.69, 9.17) is 37.3 Å². The molecule has 0 bridgehead atoms. The topological polar surface area (TPSA) is 390 Å². The van der Waals surface area contributed by atoms with Gasteiger partial charge in [0.05, 0.1) is 17.9 Å². The van der Waals surface area contributed by atoms with Crippen molar-refractivity contribution in [2.24, 2.45) is 17.4 Å². The minimum Gasteiger partial charge on any atom is -0.508 e. The van der Waals surface area contributed by atoms with Crippen LogP contribution in [-0.2, 0) is 35.3 Å². The Morgan fingerprint density at radius 3 is 2.15 bits per heavy atom. The summed E-state index contributed by atoms with van der Waals surface area (Å²) < 4.78 is 18.6. The van der Waals surface area contributed by atoms with Gasteiger partial charge in [-0.3, -0.25) is 33.7 Å². The lowest BCUT2D eigenvalue weighted by Gasteiger charge is -2.26. The van der Waals surface area contributed by atoms with Crippen LogP contribution in [-0.4, -0.2) is 172 Å². The number of primary amides is 2. The normalized spacial score (nSPS) is 13.8. The Balaban J connectivity index is 0.895. The third-order valence-corrected chi connectivity index (χ3v) is 15.5. The van der Waals surface area contributed by atoms with Gasteiger partial charge in [-0.05, 0) is 103 Å². The number of phenolic OH excluding ortho intramolecular Hbond substituents is 1. The zero-order valence-corrected chi connectivity index (χ0v) is 52.0. The van der Waals surface area contributed by atoms with Crippen LogP contribution < -0.4 is 53.0 Å². The number of anilines is 3. The maximum absolute atomic E-state index is 14.6. The first kappa shape index (κ1) is 68.0. The number of pyridine rings is 1. The fourth-order valence-corrected chi connectivity index (χ4v) is 10.6. The standard InChI is InChI=1S/C63H71ClN14O15/c1-36(2)54(73-61(88)91-29-28-77-50(80)21-22-51(77)81)57(84)72-45(10-6-23-67-59(65)86)56(83)69-41-15-11-38(12-16-41)35-92-62(89)74(4)26-27-75(25-7-24-68-60(66)87)63(90)93-48-30-47-53(52-37(3)8-5-9-44(48)52)40(31-64)32-78(47)58(85)46-34-76-33-42(17-20-49(76)71-46)70-55(82)39-13-18-43(79)19-14-39/h5,8-9,11-22,30,33-34,36,40,45,54,79H,6-7,10,23-29,31-32,35H2,1-4H3,(H,69,83)(H,70,82)(H,72,84)(H,73,88)(H3,65,67,86)(H3,66,68,87)/t40-,45+,54+/m1/s1. The Labute approximate surface area is 538 Å². The monoisotopic (exact) mass is 1300 g/mol. The van der Waals surface area contributed by atoms with Gasteiger partial charge in [0.25, 0.3) is 23.6 Å². The number of aromatic hydroxyl groups is 1. The number of amides is 13. The molecule has 0 spiro atoms. The molecule has 2 aromatic heterocycles. The Bertz CT molecular complexity index is 3840. The number of alkyl carbamates (subject to hydrolysis) is 1. The molecule has 6 aromatic rings. The molecular weight excluding hydrogens is 1230 g/mol. The molecule has 0 aliphatic carbocycles. The van der Waals surface area contributed by atoms with Crippen molar-refractivity contribution >= 4 is 111 Å². The van der Waals surface area contributed by atoms with Gasteiger partial charge in [-0.15, -0.1) is 11.6 Å². The number of hydrogen-bond donors (Lipinski definition) is 9. The lowest BCUT2D eigenvalue weighted by Crippen LogP contribution is -2.54. The Morgan fingerprint density at radius 2 is 1.47 bits per heavy atom. The van der Waals surface area contributed by atoms with Crippen LogP contribution in [0, 0.1) is 12.8 Å². The number of likely N-dealkylation sites (N-methyl/N-ethyl adjacent to an activating group) is 1. The summed E-state index contributed by atoms with van der Waals surface area (Å²) in [6.07, 6.45) is 3.26. The number of benzene rings is 4. The van der Waals surface area contributed by atoms with Gasteiger partial charge in [0.15, 0.2) is 0 Å². The van der Waals surface area contributed by atoms with Crippen molar-refractivity contribution in [3.8, 4) is 11.5 Å². The highest BCUT2D eigenvalue weighted by molar-refractivity contribution is 6.19. The van der Waals surface area contributed by atoms with E-state index in [1.165, 1.54) is 41.1 Å². The number of alkyl halides is 1. The average molecular weight is 1300 g/mol. The first-order valence-electron chi connectivity index (χ1n) is 29.6. The van der Waals surface area contributed by atoms with Crippen LogP contribution in [0.25, 0.3) is 16.4 Å². The Morgan fingerprint density at radius 1 is 0.785 bits per heavy atom. The molecule has 30 heteroatoms. The van der Waals surface area contributed by atoms with Crippen molar-refractivity contribution in [2.45, 2.75) is 64.6 Å². The average Bonchev–Trinajstić information content (AvgIpc) is 1.63. The van der Waals surface area contributed by atoms with Gasteiger partial charge < -0.3 is 81.8 Å². The summed E-state index contributed by atoms with van der Waals surface area (Å²) in [7, 11) is 1.47. The molecule has 4 heterocycles. The van der Waals surface area contributed by atoms with Crippen molar-refractivity contribution in [3.05, 3.63) is 137 Å². The molecule has 13 amide bonds. The van der Waals surface area contributed by atoms with Crippen LogP contribution >= 0.6 is 11.6 Å². The second-order valence-electron chi connectivity index (χ2n) is 22.2. The predicted molar refractivity (Wildman–Crippen MR) is 340 cm³/mol. The number of ether oxygens (including phenoxy) is 3. The van der Waals surface area contributed by atoms with Crippen molar-refractivity contribution < 1.29 is 72.1 Å². The number of fused-ring (bicyclic) bond motifs is 4. The number of aryl methyl sites for hydroxylation is 1.